The Hall–Kier alpha value is -3.13. The predicted molar refractivity (Wildman–Crippen MR) is 86.9 cm³/mol. The molecule has 1 aliphatic rings. The monoisotopic (exact) mass is 344 g/mol. The van der Waals surface area contributed by atoms with E-state index in [-0.39, 0.29) is 13.2 Å². The summed E-state index contributed by atoms with van der Waals surface area (Å²) >= 11 is 0. The summed E-state index contributed by atoms with van der Waals surface area (Å²) in [6, 6.07) is 7.13. The molecule has 2 aromatic rings. The molecule has 0 saturated carbocycles. The predicted octanol–water partition coefficient (Wildman–Crippen LogP) is 0.696. The van der Waals surface area contributed by atoms with Crippen molar-refractivity contribution in [1.29, 1.82) is 0 Å². The Balaban J connectivity index is 2.21. The quantitative estimate of drug-likeness (QED) is 0.751. The third kappa shape index (κ3) is 2.99. The molecular formula is C17H16N2O6. The SMILES string of the molecule is Cc1cccc(-n2c3c(c(O)c(C(=O)NCC(=O)O)c2=O)COC3)c1. The molecular weight excluding hydrogens is 328 g/mol. The first-order valence-corrected chi connectivity index (χ1v) is 7.54. The minimum atomic E-state index is -1.25. The van der Waals surface area contributed by atoms with Gasteiger partial charge in [0.15, 0.2) is 0 Å². The summed E-state index contributed by atoms with van der Waals surface area (Å²) in [5, 5.41) is 21.1. The number of hydrogen-bond donors (Lipinski definition) is 3. The van der Waals surface area contributed by atoms with Gasteiger partial charge in [0.2, 0.25) is 0 Å². The Morgan fingerprint density at radius 2 is 2.08 bits per heavy atom. The number of aromatic hydroxyl groups is 1. The Labute approximate surface area is 142 Å². The van der Waals surface area contributed by atoms with Crippen LogP contribution in [0.25, 0.3) is 5.69 Å². The minimum absolute atomic E-state index is 0.0620. The Morgan fingerprint density at radius 1 is 1.32 bits per heavy atom. The highest BCUT2D eigenvalue weighted by molar-refractivity contribution is 5.98. The number of nitrogens with zero attached hydrogens (tertiary/aromatic N) is 1. The number of carboxylic acids is 1. The van der Waals surface area contributed by atoms with Gasteiger partial charge in [0.1, 0.15) is 17.9 Å². The first-order chi connectivity index (χ1) is 11.9. The lowest BCUT2D eigenvalue weighted by atomic mass is 10.1. The fraction of sp³-hybridized carbons (Fsp3) is 0.235. The highest BCUT2D eigenvalue weighted by atomic mass is 16.5. The number of nitrogens with one attached hydrogen (secondary N) is 1. The number of aromatic nitrogens is 1. The summed E-state index contributed by atoms with van der Waals surface area (Å²) in [5.74, 6) is -2.67. The molecule has 1 aliphatic heterocycles. The zero-order valence-corrected chi connectivity index (χ0v) is 13.4. The molecule has 3 N–H and O–H groups in total. The molecule has 2 heterocycles. The Bertz CT molecular complexity index is 931. The smallest absolute Gasteiger partial charge is 0.322 e. The van der Waals surface area contributed by atoms with Gasteiger partial charge in [-0.15, -0.1) is 0 Å². The number of aliphatic carboxylic acids is 1. The minimum Gasteiger partial charge on any atom is -0.506 e. The molecule has 8 nitrogen and oxygen atoms in total. The molecule has 1 amide bonds. The summed E-state index contributed by atoms with van der Waals surface area (Å²) < 4.78 is 6.65. The van der Waals surface area contributed by atoms with Crippen LogP contribution in [0.4, 0.5) is 0 Å². The van der Waals surface area contributed by atoms with Crippen molar-refractivity contribution >= 4 is 11.9 Å². The van der Waals surface area contributed by atoms with Gasteiger partial charge in [0.25, 0.3) is 11.5 Å². The van der Waals surface area contributed by atoms with Gasteiger partial charge in [-0.3, -0.25) is 19.0 Å². The van der Waals surface area contributed by atoms with Gasteiger partial charge in [-0.05, 0) is 24.6 Å². The second-order valence-corrected chi connectivity index (χ2v) is 5.70. The third-order valence-corrected chi connectivity index (χ3v) is 3.93. The van der Waals surface area contributed by atoms with Crippen LogP contribution in [-0.4, -0.2) is 33.2 Å². The number of carbonyl (C=O) groups excluding carboxylic acids is 1. The summed E-state index contributed by atoms with van der Waals surface area (Å²) in [6.45, 7) is 1.40. The molecule has 0 fully saturated rings. The highest BCUT2D eigenvalue weighted by Crippen LogP contribution is 2.31. The molecule has 0 spiro atoms. The van der Waals surface area contributed by atoms with E-state index < -0.39 is 35.3 Å². The second kappa shape index (κ2) is 6.40. The van der Waals surface area contributed by atoms with Crippen molar-refractivity contribution in [3.8, 4) is 11.4 Å². The van der Waals surface area contributed by atoms with E-state index in [4.69, 9.17) is 9.84 Å². The fourth-order valence-corrected chi connectivity index (χ4v) is 2.80. The number of ether oxygens (including phenoxy) is 1. The van der Waals surface area contributed by atoms with E-state index in [0.29, 0.717) is 16.9 Å². The number of hydrogen-bond acceptors (Lipinski definition) is 5. The lowest BCUT2D eigenvalue weighted by Gasteiger charge is -2.15. The van der Waals surface area contributed by atoms with Crippen LogP contribution >= 0.6 is 0 Å². The van der Waals surface area contributed by atoms with Crippen LogP contribution in [0.1, 0.15) is 27.2 Å². The zero-order valence-electron chi connectivity index (χ0n) is 13.4. The summed E-state index contributed by atoms with van der Waals surface area (Å²) in [6.07, 6.45) is 0. The molecule has 0 aliphatic carbocycles. The van der Waals surface area contributed by atoms with Gasteiger partial charge in [-0.25, -0.2) is 0 Å². The fourth-order valence-electron chi connectivity index (χ4n) is 2.80. The van der Waals surface area contributed by atoms with Crippen molar-refractivity contribution in [1.82, 2.24) is 9.88 Å². The van der Waals surface area contributed by atoms with Crippen LogP contribution in [0.5, 0.6) is 5.75 Å². The first kappa shape index (κ1) is 16.7. The summed E-state index contributed by atoms with van der Waals surface area (Å²) in [5.41, 5.74) is 1.06. The molecule has 0 unspecified atom stereocenters. The largest absolute Gasteiger partial charge is 0.506 e. The van der Waals surface area contributed by atoms with E-state index in [2.05, 4.69) is 5.32 Å². The Kier molecular flexibility index (Phi) is 4.28. The van der Waals surface area contributed by atoms with Crippen molar-refractivity contribution in [3.05, 3.63) is 57.0 Å². The average molecular weight is 344 g/mol. The normalized spacial score (nSPS) is 12.7. The molecule has 8 heteroatoms. The van der Waals surface area contributed by atoms with Gasteiger partial charge in [-0.2, -0.15) is 0 Å². The Morgan fingerprint density at radius 3 is 2.76 bits per heavy atom. The van der Waals surface area contributed by atoms with Gasteiger partial charge >= 0.3 is 5.97 Å². The van der Waals surface area contributed by atoms with Crippen LogP contribution in [-0.2, 0) is 22.7 Å². The van der Waals surface area contributed by atoms with Crippen molar-refractivity contribution < 1.29 is 24.5 Å². The van der Waals surface area contributed by atoms with Crippen molar-refractivity contribution in [2.45, 2.75) is 20.1 Å². The van der Waals surface area contributed by atoms with Gasteiger partial charge < -0.3 is 20.3 Å². The molecule has 0 saturated heterocycles. The number of aryl methyl sites for hydroxylation is 1. The number of amides is 1. The topological polar surface area (TPSA) is 118 Å². The number of pyridine rings is 1. The van der Waals surface area contributed by atoms with Crippen molar-refractivity contribution in [3.63, 3.8) is 0 Å². The number of rotatable bonds is 4. The van der Waals surface area contributed by atoms with Gasteiger partial charge in [0, 0.05) is 11.3 Å². The molecule has 130 valence electrons. The maximum atomic E-state index is 12.9. The van der Waals surface area contributed by atoms with Crippen LogP contribution in [0.2, 0.25) is 0 Å². The lowest BCUT2D eigenvalue weighted by Crippen LogP contribution is -2.36. The molecule has 1 aromatic carbocycles. The van der Waals surface area contributed by atoms with Crippen LogP contribution < -0.4 is 10.9 Å². The van der Waals surface area contributed by atoms with E-state index in [0.717, 1.165) is 5.56 Å². The second-order valence-electron chi connectivity index (χ2n) is 5.70. The lowest BCUT2D eigenvalue weighted by molar-refractivity contribution is -0.135. The molecule has 0 bridgehead atoms. The maximum Gasteiger partial charge on any atom is 0.322 e. The van der Waals surface area contributed by atoms with Crippen molar-refractivity contribution in [2.24, 2.45) is 0 Å². The van der Waals surface area contributed by atoms with Crippen LogP contribution in [0.3, 0.4) is 0 Å². The van der Waals surface area contributed by atoms with E-state index >= 15 is 0 Å². The molecule has 0 atom stereocenters. The summed E-state index contributed by atoms with van der Waals surface area (Å²) in [7, 11) is 0. The van der Waals surface area contributed by atoms with Crippen molar-refractivity contribution in [2.75, 3.05) is 6.54 Å². The molecule has 1 aromatic heterocycles. The molecule has 0 radical (unpaired) electrons. The van der Waals surface area contributed by atoms with Gasteiger partial charge in [-0.1, -0.05) is 12.1 Å². The number of fused-ring (bicyclic) bond motifs is 1. The maximum absolute atomic E-state index is 12.9. The number of carbonyl (C=O) groups is 2. The van der Waals surface area contributed by atoms with E-state index in [1.807, 2.05) is 13.0 Å². The third-order valence-electron chi connectivity index (χ3n) is 3.93. The molecule has 25 heavy (non-hydrogen) atoms. The van der Waals surface area contributed by atoms with Crippen LogP contribution in [0.15, 0.2) is 29.1 Å². The standard InChI is InChI=1S/C17H16N2O6/c1-9-3-2-4-10(5-9)19-12-8-25-7-11(12)15(22)14(17(19)24)16(23)18-6-13(20)21/h2-5,22H,6-8H2,1H3,(H,18,23)(H,20,21). The zero-order chi connectivity index (χ0) is 18.1. The van der Waals surface area contributed by atoms with E-state index in [1.54, 1.807) is 18.2 Å². The van der Waals surface area contributed by atoms with Gasteiger partial charge in [0.05, 0.1) is 18.9 Å². The highest BCUT2D eigenvalue weighted by Gasteiger charge is 2.29. The van der Waals surface area contributed by atoms with Crippen LogP contribution in [0, 0.1) is 6.92 Å². The molecule has 3 rings (SSSR count). The number of carboxylic acid groups (broad SMARTS) is 1. The summed E-state index contributed by atoms with van der Waals surface area (Å²) in [4.78, 5) is 35.8. The number of benzene rings is 1. The average Bonchev–Trinajstić information content (AvgIpc) is 3.02. The van der Waals surface area contributed by atoms with E-state index in [9.17, 15) is 19.5 Å². The van der Waals surface area contributed by atoms with E-state index in [1.165, 1.54) is 4.57 Å². The first-order valence-electron chi connectivity index (χ1n) is 7.54.